The van der Waals surface area contributed by atoms with Crippen molar-refractivity contribution < 1.29 is 4.79 Å². The van der Waals surface area contributed by atoms with E-state index in [0.717, 1.165) is 26.1 Å². The van der Waals surface area contributed by atoms with Crippen LogP contribution < -0.4 is 10.6 Å². The Balaban J connectivity index is 3.88. The van der Waals surface area contributed by atoms with Gasteiger partial charge in [-0.3, -0.25) is 4.79 Å². The second kappa shape index (κ2) is 7.76. The SMILES string of the molecule is CCN(CC)CCC(NC)C(=O)NC. The van der Waals surface area contributed by atoms with E-state index < -0.39 is 0 Å². The van der Waals surface area contributed by atoms with Crippen LogP contribution in [0, 0.1) is 0 Å². The third-order valence-corrected chi connectivity index (χ3v) is 2.54. The Labute approximate surface area is 87.0 Å². The molecule has 0 fully saturated rings. The van der Waals surface area contributed by atoms with Crippen molar-refractivity contribution in [1.29, 1.82) is 0 Å². The van der Waals surface area contributed by atoms with Gasteiger partial charge in [-0.2, -0.15) is 0 Å². The highest BCUT2D eigenvalue weighted by molar-refractivity contribution is 5.81. The molecule has 4 nitrogen and oxygen atoms in total. The molecular weight excluding hydrogens is 178 g/mol. The predicted octanol–water partition coefficient (Wildman–Crippen LogP) is 0.0523. The van der Waals surface area contributed by atoms with E-state index in [0.29, 0.717) is 0 Å². The van der Waals surface area contributed by atoms with Gasteiger partial charge in [-0.1, -0.05) is 13.8 Å². The summed E-state index contributed by atoms with van der Waals surface area (Å²) in [5, 5.41) is 5.67. The summed E-state index contributed by atoms with van der Waals surface area (Å²) in [6.07, 6.45) is 0.859. The molecule has 1 amide bonds. The van der Waals surface area contributed by atoms with Crippen molar-refractivity contribution in [3.05, 3.63) is 0 Å². The summed E-state index contributed by atoms with van der Waals surface area (Å²) in [5.41, 5.74) is 0. The minimum Gasteiger partial charge on any atom is -0.358 e. The quantitative estimate of drug-likeness (QED) is 0.612. The van der Waals surface area contributed by atoms with Gasteiger partial charge in [-0.05, 0) is 26.6 Å². The average molecular weight is 201 g/mol. The molecule has 0 heterocycles. The monoisotopic (exact) mass is 201 g/mol. The standard InChI is InChI=1S/C10H23N3O/c1-5-13(6-2)8-7-9(11-3)10(14)12-4/h9,11H,5-8H2,1-4H3,(H,12,14). The van der Waals surface area contributed by atoms with Gasteiger partial charge in [0.05, 0.1) is 6.04 Å². The summed E-state index contributed by atoms with van der Waals surface area (Å²) in [6, 6.07) is -0.0689. The topological polar surface area (TPSA) is 44.4 Å². The Hall–Kier alpha value is -0.610. The van der Waals surface area contributed by atoms with Crippen LogP contribution in [0.5, 0.6) is 0 Å². The molecule has 84 valence electrons. The van der Waals surface area contributed by atoms with Crippen molar-refractivity contribution in [2.75, 3.05) is 33.7 Å². The van der Waals surface area contributed by atoms with E-state index in [1.807, 2.05) is 7.05 Å². The molecule has 14 heavy (non-hydrogen) atoms. The molecule has 0 radical (unpaired) electrons. The fraction of sp³-hybridized carbons (Fsp3) is 0.900. The number of rotatable bonds is 7. The number of nitrogens with zero attached hydrogens (tertiary/aromatic N) is 1. The second-order valence-electron chi connectivity index (χ2n) is 3.27. The van der Waals surface area contributed by atoms with Gasteiger partial charge in [-0.15, -0.1) is 0 Å². The first kappa shape index (κ1) is 13.4. The summed E-state index contributed by atoms with van der Waals surface area (Å²) in [7, 11) is 3.49. The lowest BCUT2D eigenvalue weighted by Crippen LogP contribution is -2.43. The largest absolute Gasteiger partial charge is 0.358 e. The van der Waals surface area contributed by atoms with Crippen LogP contribution in [0.2, 0.25) is 0 Å². The number of amides is 1. The Morgan fingerprint density at radius 2 is 1.86 bits per heavy atom. The fourth-order valence-electron chi connectivity index (χ4n) is 1.43. The summed E-state index contributed by atoms with van der Waals surface area (Å²) in [6.45, 7) is 7.32. The van der Waals surface area contributed by atoms with Gasteiger partial charge < -0.3 is 15.5 Å². The molecule has 0 rings (SSSR count). The van der Waals surface area contributed by atoms with Gasteiger partial charge >= 0.3 is 0 Å². The summed E-state index contributed by atoms with van der Waals surface area (Å²) >= 11 is 0. The molecule has 0 aliphatic heterocycles. The third-order valence-electron chi connectivity index (χ3n) is 2.54. The van der Waals surface area contributed by atoms with Crippen LogP contribution in [0.4, 0.5) is 0 Å². The summed E-state index contributed by atoms with van der Waals surface area (Å²) < 4.78 is 0. The van der Waals surface area contributed by atoms with E-state index in [-0.39, 0.29) is 11.9 Å². The molecule has 0 aromatic carbocycles. The van der Waals surface area contributed by atoms with Crippen molar-refractivity contribution in [3.8, 4) is 0 Å². The van der Waals surface area contributed by atoms with Crippen molar-refractivity contribution in [2.45, 2.75) is 26.3 Å². The van der Waals surface area contributed by atoms with Gasteiger partial charge in [0.15, 0.2) is 0 Å². The van der Waals surface area contributed by atoms with Crippen molar-refractivity contribution in [3.63, 3.8) is 0 Å². The highest BCUT2D eigenvalue weighted by Gasteiger charge is 2.14. The molecule has 4 heteroatoms. The van der Waals surface area contributed by atoms with Crippen LogP contribution in [-0.4, -0.2) is 50.6 Å². The molecule has 0 aliphatic rings. The Morgan fingerprint density at radius 1 is 1.29 bits per heavy atom. The van der Waals surface area contributed by atoms with E-state index in [1.54, 1.807) is 7.05 Å². The van der Waals surface area contributed by atoms with Crippen LogP contribution >= 0.6 is 0 Å². The Morgan fingerprint density at radius 3 is 2.21 bits per heavy atom. The average Bonchev–Trinajstić information content (AvgIpc) is 2.24. The van der Waals surface area contributed by atoms with Crippen molar-refractivity contribution >= 4 is 5.91 Å². The minimum absolute atomic E-state index is 0.0689. The number of likely N-dealkylation sites (N-methyl/N-ethyl adjacent to an activating group) is 2. The van der Waals surface area contributed by atoms with Gasteiger partial charge in [-0.25, -0.2) is 0 Å². The maximum Gasteiger partial charge on any atom is 0.236 e. The van der Waals surface area contributed by atoms with Crippen LogP contribution in [0.25, 0.3) is 0 Å². The smallest absolute Gasteiger partial charge is 0.236 e. The number of nitrogens with one attached hydrogen (secondary N) is 2. The molecular formula is C10H23N3O. The van der Waals surface area contributed by atoms with E-state index in [1.165, 1.54) is 0 Å². The van der Waals surface area contributed by atoms with Crippen LogP contribution in [0.15, 0.2) is 0 Å². The van der Waals surface area contributed by atoms with Gasteiger partial charge in [0.25, 0.3) is 0 Å². The molecule has 0 aromatic rings. The van der Waals surface area contributed by atoms with Crippen LogP contribution in [0.3, 0.4) is 0 Å². The lowest BCUT2D eigenvalue weighted by Gasteiger charge is -2.21. The number of hydrogen-bond donors (Lipinski definition) is 2. The number of carbonyl (C=O) groups is 1. The highest BCUT2D eigenvalue weighted by Crippen LogP contribution is 1.96. The maximum absolute atomic E-state index is 11.3. The molecule has 1 unspecified atom stereocenters. The zero-order chi connectivity index (χ0) is 11.0. The summed E-state index contributed by atoms with van der Waals surface area (Å²) in [5.74, 6) is 0.0691. The fourth-order valence-corrected chi connectivity index (χ4v) is 1.43. The normalized spacial score (nSPS) is 12.9. The van der Waals surface area contributed by atoms with Crippen LogP contribution in [0.1, 0.15) is 20.3 Å². The molecule has 0 spiro atoms. The second-order valence-corrected chi connectivity index (χ2v) is 3.27. The first-order valence-electron chi connectivity index (χ1n) is 5.30. The van der Waals surface area contributed by atoms with Crippen molar-refractivity contribution in [2.24, 2.45) is 0 Å². The maximum atomic E-state index is 11.3. The first-order chi connectivity index (χ1) is 6.69. The van der Waals surface area contributed by atoms with Gasteiger partial charge in [0.2, 0.25) is 5.91 Å². The number of hydrogen-bond acceptors (Lipinski definition) is 3. The highest BCUT2D eigenvalue weighted by atomic mass is 16.2. The molecule has 0 saturated carbocycles. The summed E-state index contributed by atoms with van der Waals surface area (Å²) in [4.78, 5) is 13.7. The lowest BCUT2D eigenvalue weighted by atomic mass is 10.2. The molecule has 0 aromatic heterocycles. The predicted molar refractivity (Wildman–Crippen MR) is 59.3 cm³/mol. The van der Waals surface area contributed by atoms with Crippen LogP contribution in [-0.2, 0) is 4.79 Å². The molecule has 1 atom stereocenters. The number of carbonyl (C=O) groups excluding carboxylic acids is 1. The van der Waals surface area contributed by atoms with E-state index in [2.05, 4.69) is 29.4 Å². The zero-order valence-electron chi connectivity index (χ0n) is 9.76. The molecule has 0 bridgehead atoms. The minimum atomic E-state index is -0.0689. The van der Waals surface area contributed by atoms with Crippen molar-refractivity contribution in [1.82, 2.24) is 15.5 Å². The zero-order valence-corrected chi connectivity index (χ0v) is 9.76. The Kier molecular flexibility index (Phi) is 7.42. The van der Waals surface area contributed by atoms with Gasteiger partial charge in [0, 0.05) is 13.6 Å². The van der Waals surface area contributed by atoms with E-state index >= 15 is 0 Å². The molecule has 2 N–H and O–H groups in total. The van der Waals surface area contributed by atoms with E-state index in [9.17, 15) is 4.79 Å². The van der Waals surface area contributed by atoms with Gasteiger partial charge in [0.1, 0.15) is 0 Å². The third kappa shape index (κ3) is 4.58. The molecule has 0 saturated heterocycles. The first-order valence-corrected chi connectivity index (χ1v) is 5.30. The Bertz CT molecular complexity index is 157. The molecule has 0 aliphatic carbocycles. The lowest BCUT2D eigenvalue weighted by molar-refractivity contribution is -0.122. The van der Waals surface area contributed by atoms with E-state index in [4.69, 9.17) is 0 Å².